The molecule has 26 heavy (non-hydrogen) atoms. The lowest BCUT2D eigenvalue weighted by atomic mass is 9.95. The first-order chi connectivity index (χ1) is 12.4. The molecule has 0 saturated carbocycles. The first-order valence-electron chi connectivity index (χ1n) is 9.13. The van der Waals surface area contributed by atoms with Crippen molar-refractivity contribution in [3.05, 3.63) is 24.3 Å². The smallest absolute Gasteiger partial charge is 0.241 e. The summed E-state index contributed by atoms with van der Waals surface area (Å²) >= 11 is 0. The molecule has 4 heterocycles. The molecule has 0 unspecified atom stereocenters. The second-order valence-electron chi connectivity index (χ2n) is 7.47. The molecule has 8 heteroatoms. The van der Waals surface area contributed by atoms with Crippen LogP contribution in [0.3, 0.4) is 0 Å². The van der Waals surface area contributed by atoms with E-state index in [1.54, 1.807) is 9.21 Å². The van der Waals surface area contributed by atoms with E-state index in [4.69, 9.17) is 4.74 Å². The topological polar surface area (TPSA) is 70.2 Å². The van der Waals surface area contributed by atoms with Gasteiger partial charge in [-0.05, 0) is 30.9 Å². The number of rotatable bonds is 3. The number of ether oxygens (including phenoxy) is 1. The summed E-state index contributed by atoms with van der Waals surface area (Å²) in [6.45, 7) is 3.22. The van der Waals surface area contributed by atoms with Crippen molar-refractivity contribution in [2.45, 2.75) is 18.9 Å². The summed E-state index contributed by atoms with van der Waals surface area (Å²) in [5, 5.41) is 0. The van der Waals surface area contributed by atoms with Gasteiger partial charge in [0.15, 0.2) is 0 Å². The highest BCUT2D eigenvalue weighted by Crippen LogP contribution is 2.32. The van der Waals surface area contributed by atoms with Crippen LogP contribution in [0.15, 0.2) is 24.3 Å². The zero-order valence-corrected chi connectivity index (χ0v) is 15.8. The Labute approximate surface area is 154 Å². The lowest BCUT2D eigenvalue weighted by Gasteiger charge is -2.37. The molecular weight excluding hydrogens is 354 g/mol. The third kappa shape index (κ3) is 3.45. The maximum absolute atomic E-state index is 13.0. The van der Waals surface area contributed by atoms with Crippen LogP contribution in [0.1, 0.15) is 12.8 Å². The summed E-state index contributed by atoms with van der Waals surface area (Å²) < 4.78 is 31.2. The largest absolute Gasteiger partial charge is 0.490 e. The van der Waals surface area contributed by atoms with Gasteiger partial charge in [-0.15, -0.1) is 0 Å². The number of hydrogen-bond acceptors (Lipinski definition) is 5. The van der Waals surface area contributed by atoms with E-state index in [1.807, 2.05) is 24.3 Å². The number of anilines is 1. The third-order valence-electron chi connectivity index (χ3n) is 5.63. The lowest BCUT2D eigenvalue weighted by Crippen LogP contribution is -2.50. The molecule has 0 N–H and O–H groups in total. The highest BCUT2D eigenvalue weighted by molar-refractivity contribution is 7.88. The highest BCUT2D eigenvalue weighted by atomic mass is 32.2. The third-order valence-corrected chi connectivity index (χ3v) is 6.87. The summed E-state index contributed by atoms with van der Waals surface area (Å²) in [5.41, 5.74) is 0.821. The molecule has 0 aliphatic carbocycles. The fraction of sp³-hybridized carbons (Fsp3) is 0.611. The number of nitrogens with zero attached hydrogens (tertiary/aromatic N) is 3. The normalized spacial score (nSPS) is 26.9. The molecule has 142 valence electrons. The number of benzene rings is 1. The van der Waals surface area contributed by atoms with Gasteiger partial charge in [0.2, 0.25) is 15.9 Å². The number of fused-ring (bicyclic) bond motifs is 5. The molecule has 4 aliphatic rings. The first kappa shape index (κ1) is 17.8. The second-order valence-corrected chi connectivity index (χ2v) is 9.45. The molecule has 0 aromatic heterocycles. The van der Waals surface area contributed by atoms with E-state index < -0.39 is 10.0 Å². The van der Waals surface area contributed by atoms with Crippen molar-refractivity contribution in [1.82, 2.24) is 9.21 Å². The van der Waals surface area contributed by atoms with Crippen molar-refractivity contribution in [3.8, 4) is 5.75 Å². The van der Waals surface area contributed by atoms with Crippen molar-refractivity contribution in [2.24, 2.45) is 5.92 Å². The highest BCUT2D eigenvalue weighted by Gasteiger charge is 2.39. The fourth-order valence-electron chi connectivity index (χ4n) is 4.29. The number of sulfonamides is 1. The van der Waals surface area contributed by atoms with E-state index in [1.165, 1.54) is 6.26 Å². The molecule has 2 bridgehead atoms. The van der Waals surface area contributed by atoms with Crippen LogP contribution in [0.2, 0.25) is 0 Å². The quantitative estimate of drug-likeness (QED) is 0.776. The van der Waals surface area contributed by atoms with Gasteiger partial charge in [0, 0.05) is 25.7 Å². The zero-order chi connectivity index (χ0) is 18.3. The Morgan fingerprint density at radius 1 is 1.19 bits per heavy atom. The van der Waals surface area contributed by atoms with Gasteiger partial charge < -0.3 is 9.64 Å². The minimum atomic E-state index is -3.19. The summed E-state index contributed by atoms with van der Waals surface area (Å²) in [6.07, 6.45) is 3.25. The van der Waals surface area contributed by atoms with Crippen LogP contribution in [-0.4, -0.2) is 75.2 Å². The number of para-hydroxylation sites is 2. The minimum Gasteiger partial charge on any atom is -0.490 e. The average Bonchev–Trinajstić information content (AvgIpc) is 2.93. The molecule has 1 aromatic carbocycles. The number of carbonyl (C=O) groups excluding carboxylic acids is 1. The van der Waals surface area contributed by atoms with Crippen LogP contribution in [0.5, 0.6) is 5.75 Å². The van der Waals surface area contributed by atoms with Crippen LogP contribution < -0.4 is 9.64 Å². The Morgan fingerprint density at radius 2 is 2.00 bits per heavy atom. The van der Waals surface area contributed by atoms with E-state index in [0.717, 1.165) is 30.8 Å². The summed E-state index contributed by atoms with van der Waals surface area (Å²) in [5.74, 6) is 1.10. The van der Waals surface area contributed by atoms with E-state index in [0.29, 0.717) is 38.7 Å². The van der Waals surface area contributed by atoms with Crippen LogP contribution in [-0.2, 0) is 14.8 Å². The van der Waals surface area contributed by atoms with Gasteiger partial charge >= 0.3 is 0 Å². The summed E-state index contributed by atoms with van der Waals surface area (Å²) in [7, 11) is -3.19. The predicted molar refractivity (Wildman–Crippen MR) is 98.8 cm³/mol. The predicted octanol–water partition coefficient (Wildman–Crippen LogP) is 0.768. The van der Waals surface area contributed by atoms with Crippen molar-refractivity contribution < 1.29 is 17.9 Å². The molecule has 0 spiro atoms. The zero-order valence-electron chi connectivity index (χ0n) is 15.0. The van der Waals surface area contributed by atoms with Crippen molar-refractivity contribution in [3.63, 3.8) is 0 Å². The van der Waals surface area contributed by atoms with Crippen LogP contribution in [0.25, 0.3) is 0 Å². The second kappa shape index (κ2) is 6.83. The standard InChI is InChI=1S/C18H25N3O4S/c1-26(23,24)20-11-14-6-7-15(12-20)19(10-14)13-18(22)21-8-9-25-17-5-3-2-4-16(17)21/h2-5,14-15H,6-13H2,1H3/t14-,15-/m0/s1. The Bertz CT molecular complexity index is 797. The summed E-state index contributed by atoms with van der Waals surface area (Å²) in [6, 6.07) is 7.72. The Kier molecular flexibility index (Phi) is 4.66. The van der Waals surface area contributed by atoms with E-state index >= 15 is 0 Å². The molecule has 7 nitrogen and oxygen atoms in total. The van der Waals surface area contributed by atoms with E-state index in [-0.39, 0.29) is 11.9 Å². The van der Waals surface area contributed by atoms with Gasteiger partial charge in [-0.3, -0.25) is 9.69 Å². The molecule has 3 fully saturated rings. The Balaban J connectivity index is 1.49. The minimum absolute atomic E-state index is 0.0548. The van der Waals surface area contributed by atoms with Gasteiger partial charge in [0.1, 0.15) is 12.4 Å². The van der Waals surface area contributed by atoms with Crippen molar-refractivity contribution >= 4 is 21.6 Å². The molecule has 1 aromatic rings. The number of piperidine rings is 1. The van der Waals surface area contributed by atoms with Gasteiger partial charge in [-0.2, -0.15) is 0 Å². The van der Waals surface area contributed by atoms with Gasteiger partial charge in [-0.1, -0.05) is 12.1 Å². The number of amides is 1. The van der Waals surface area contributed by atoms with Crippen LogP contribution in [0, 0.1) is 5.92 Å². The van der Waals surface area contributed by atoms with Crippen molar-refractivity contribution in [1.29, 1.82) is 0 Å². The maximum atomic E-state index is 13.0. The molecule has 0 radical (unpaired) electrons. The van der Waals surface area contributed by atoms with Crippen molar-refractivity contribution in [2.75, 3.05) is 50.5 Å². The van der Waals surface area contributed by atoms with Crippen LogP contribution in [0.4, 0.5) is 5.69 Å². The maximum Gasteiger partial charge on any atom is 0.241 e. The molecule has 5 rings (SSSR count). The SMILES string of the molecule is CS(=O)(=O)N1C[C@H]2CC[C@@H](C1)N(CC(=O)N1CCOc3ccccc31)C2. The van der Waals surface area contributed by atoms with Gasteiger partial charge in [0.05, 0.1) is 25.0 Å². The number of carbonyl (C=O) groups is 1. The fourth-order valence-corrected chi connectivity index (χ4v) is 5.21. The monoisotopic (exact) mass is 379 g/mol. The molecule has 3 saturated heterocycles. The Morgan fingerprint density at radius 3 is 2.81 bits per heavy atom. The molecule has 1 amide bonds. The number of hydrogen-bond donors (Lipinski definition) is 0. The Hall–Kier alpha value is -1.64. The summed E-state index contributed by atoms with van der Waals surface area (Å²) in [4.78, 5) is 17.0. The van der Waals surface area contributed by atoms with Gasteiger partial charge in [0.25, 0.3) is 0 Å². The molecular formula is C18H25N3O4S. The average molecular weight is 379 g/mol. The van der Waals surface area contributed by atoms with E-state index in [2.05, 4.69) is 4.90 Å². The van der Waals surface area contributed by atoms with Crippen LogP contribution >= 0.6 is 0 Å². The first-order valence-corrected chi connectivity index (χ1v) is 11.0. The molecule has 2 atom stereocenters. The lowest BCUT2D eigenvalue weighted by molar-refractivity contribution is -0.121. The van der Waals surface area contributed by atoms with Gasteiger partial charge in [-0.25, -0.2) is 12.7 Å². The van der Waals surface area contributed by atoms with E-state index in [9.17, 15) is 13.2 Å². The molecule has 4 aliphatic heterocycles.